The van der Waals surface area contributed by atoms with E-state index < -0.39 is 5.54 Å². The zero-order valence-electron chi connectivity index (χ0n) is 20.9. The second-order valence-electron chi connectivity index (χ2n) is 9.47. The normalized spacial score (nSPS) is 16.8. The molecule has 3 heterocycles. The summed E-state index contributed by atoms with van der Waals surface area (Å²) in [6.07, 6.45) is 9.15. The van der Waals surface area contributed by atoms with Crippen LogP contribution in [0.15, 0.2) is 73.0 Å². The molecule has 5 rings (SSSR count). The molecule has 7 nitrogen and oxygen atoms in total. The highest BCUT2D eigenvalue weighted by molar-refractivity contribution is 6.10. The molecule has 2 aromatic carbocycles. The first kappa shape index (κ1) is 23.5. The van der Waals surface area contributed by atoms with Gasteiger partial charge in [-0.15, -0.1) is 0 Å². The van der Waals surface area contributed by atoms with E-state index in [1.54, 1.807) is 36.7 Å². The van der Waals surface area contributed by atoms with Crippen LogP contribution in [0.2, 0.25) is 0 Å². The minimum absolute atomic E-state index is 0.149. The minimum atomic E-state index is -0.644. The summed E-state index contributed by atoms with van der Waals surface area (Å²) in [5.74, 6) is 0.760. The number of methoxy groups -OCH3 is 1. The Kier molecular flexibility index (Phi) is 5.74. The number of imidazole rings is 2. The maximum absolute atomic E-state index is 14.0. The Morgan fingerprint density at radius 2 is 1.86 bits per heavy atom. The zero-order chi connectivity index (χ0) is 25.6. The third-order valence-corrected chi connectivity index (χ3v) is 6.79. The van der Waals surface area contributed by atoms with Crippen LogP contribution in [0, 0.1) is 12.7 Å². The Morgan fingerprint density at radius 3 is 2.53 bits per heavy atom. The summed E-state index contributed by atoms with van der Waals surface area (Å²) in [6, 6.07) is 11.7. The molecule has 1 atom stereocenters. The van der Waals surface area contributed by atoms with Gasteiger partial charge in [0.1, 0.15) is 11.6 Å². The van der Waals surface area contributed by atoms with Gasteiger partial charge in [0.2, 0.25) is 5.95 Å². The quantitative estimate of drug-likeness (QED) is 0.353. The van der Waals surface area contributed by atoms with Gasteiger partial charge in [0.05, 0.1) is 36.4 Å². The van der Waals surface area contributed by atoms with E-state index >= 15 is 0 Å². The van der Waals surface area contributed by atoms with E-state index in [1.165, 1.54) is 12.1 Å². The van der Waals surface area contributed by atoms with Gasteiger partial charge in [-0.2, -0.15) is 0 Å². The number of carbonyl (C=O) groups is 1. The van der Waals surface area contributed by atoms with E-state index in [4.69, 9.17) is 4.74 Å². The first-order valence-electron chi connectivity index (χ1n) is 11.7. The molecular formula is C28H28FN5O2. The Morgan fingerprint density at radius 1 is 1.11 bits per heavy atom. The Labute approximate surface area is 209 Å². The van der Waals surface area contributed by atoms with Crippen LogP contribution < -0.4 is 9.64 Å². The largest absolute Gasteiger partial charge is 0.495 e. The van der Waals surface area contributed by atoms with E-state index in [0.717, 1.165) is 22.5 Å². The monoisotopic (exact) mass is 485 g/mol. The molecule has 0 aliphatic carbocycles. The summed E-state index contributed by atoms with van der Waals surface area (Å²) >= 11 is 0. The second-order valence-corrected chi connectivity index (χ2v) is 9.47. The molecule has 2 aromatic heterocycles. The van der Waals surface area contributed by atoms with E-state index in [-0.39, 0.29) is 17.8 Å². The highest BCUT2D eigenvalue weighted by Crippen LogP contribution is 2.41. The predicted molar refractivity (Wildman–Crippen MR) is 137 cm³/mol. The summed E-state index contributed by atoms with van der Waals surface area (Å²) in [7, 11) is 1.62. The van der Waals surface area contributed by atoms with Gasteiger partial charge in [-0.05, 0) is 69.2 Å². The van der Waals surface area contributed by atoms with Gasteiger partial charge in [0.15, 0.2) is 0 Å². The van der Waals surface area contributed by atoms with Crippen molar-refractivity contribution in [3.63, 3.8) is 0 Å². The van der Waals surface area contributed by atoms with Crippen molar-refractivity contribution in [3.8, 4) is 11.4 Å². The second kappa shape index (κ2) is 8.78. The molecule has 0 saturated carbocycles. The average molecular weight is 486 g/mol. The smallest absolute Gasteiger partial charge is 0.259 e. The molecule has 4 aromatic rings. The lowest BCUT2D eigenvalue weighted by Crippen LogP contribution is -2.49. The molecule has 184 valence electrons. The van der Waals surface area contributed by atoms with Crippen molar-refractivity contribution < 1.29 is 13.9 Å². The summed E-state index contributed by atoms with van der Waals surface area (Å²) < 4.78 is 23.1. The number of fused-ring (bicyclic) bond motifs is 1. The van der Waals surface area contributed by atoms with Crippen LogP contribution in [-0.2, 0) is 10.3 Å². The van der Waals surface area contributed by atoms with Crippen molar-refractivity contribution in [2.24, 2.45) is 0 Å². The van der Waals surface area contributed by atoms with E-state index in [0.29, 0.717) is 17.3 Å². The van der Waals surface area contributed by atoms with Crippen LogP contribution in [0.1, 0.15) is 43.6 Å². The van der Waals surface area contributed by atoms with Crippen molar-refractivity contribution in [3.05, 3.63) is 95.6 Å². The molecule has 0 fully saturated rings. The number of ether oxygens (including phenoxy) is 1. The van der Waals surface area contributed by atoms with Gasteiger partial charge in [-0.25, -0.2) is 14.4 Å². The molecule has 1 amide bonds. The summed E-state index contributed by atoms with van der Waals surface area (Å²) in [6.45, 7) is 7.86. The number of hydrogen-bond donors (Lipinski definition) is 0. The average Bonchev–Trinajstić information content (AvgIpc) is 3.52. The lowest BCUT2D eigenvalue weighted by molar-refractivity contribution is -0.117. The molecular weight excluding hydrogens is 457 g/mol. The van der Waals surface area contributed by atoms with Crippen molar-refractivity contribution in [2.75, 3.05) is 12.0 Å². The number of carbonyl (C=O) groups excluding carboxylic acids is 1. The van der Waals surface area contributed by atoms with Gasteiger partial charge in [0, 0.05) is 24.2 Å². The highest BCUT2D eigenvalue weighted by atomic mass is 19.1. The number of aryl methyl sites for hydroxylation is 1. The topological polar surface area (TPSA) is 65.2 Å². The number of benzene rings is 2. The Bertz CT molecular complexity index is 1470. The number of anilines is 1. The Hall–Kier alpha value is -4.20. The SMILES string of the molecule is COc1cc(/C=C2/C(=O)N(C(C)c3ccc(F)cc3)c3nccn3C2(C)C)ccc1-n1cnc(C)c1. The first-order valence-corrected chi connectivity index (χ1v) is 11.7. The zero-order valence-corrected chi connectivity index (χ0v) is 20.9. The van der Waals surface area contributed by atoms with E-state index in [9.17, 15) is 9.18 Å². The molecule has 0 radical (unpaired) electrons. The molecule has 1 unspecified atom stereocenters. The van der Waals surface area contributed by atoms with Gasteiger partial charge >= 0.3 is 0 Å². The number of aromatic nitrogens is 4. The first-order chi connectivity index (χ1) is 17.2. The lowest BCUT2D eigenvalue weighted by atomic mass is 9.88. The number of amides is 1. The van der Waals surface area contributed by atoms with Crippen LogP contribution in [-0.4, -0.2) is 32.1 Å². The standard InChI is InChI=1S/C28H28FN5O2/c1-18-16-32(17-31-18)24-11-6-20(15-25(24)36-5)14-23-26(35)34(19(2)21-7-9-22(29)10-8-21)27-30-12-13-33(27)28(23,3)4/h6-17,19H,1-5H3/b23-14-. The Balaban J connectivity index is 1.59. The molecule has 1 aliphatic heterocycles. The molecule has 0 N–H and O–H groups in total. The van der Waals surface area contributed by atoms with E-state index in [1.807, 2.05) is 73.5 Å². The fourth-order valence-corrected chi connectivity index (χ4v) is 4.72. The van der Waals surface area contributed by atoms with Crippen molar-refractivity contribution in [2.45, 2.75) is 39.3 Å². The van der Waals surface area contributed by atoms with Crippen molar-refractivity contribution in [1.29, 1.82) is 0 Å². The molecule has 1 aliphatic rings. The number of nitrogens with zero attached hydrogens (tertiary/aromatic N) is 5. The molecule has 0 spiro atoms. The molecule has 36 heavy (non-hydrogen) atoms. The number of rotatable bonds is 5. The fourth-order valence-electron chi connectivity index (χ4n) is 4.72. The predicted octanol–water partition coefficient (Wildman–Crippen LogP) is 5.45. The van der Waals surface area contributed by atoms with Gasteiger partial charge in [0.25, 0.3) is 5.91 Å². The van der Waals surface area contributed by atoms with Gasteiger partial charge in [-0.3, -0.25) is 9.69 Å². The lowest BCUT2D eigenvalue weighted by Gasteiger charge is -2.42. The minimum Gasteiger partial charge on any atom is -0.495 e. The van der Waals surface area contributed by atoms with Crippen LogP contribution in [0.5, 0.6) is 5.75 Å². The van der Waals surface area contributed by atoms with Crippen LogP contribution in [0.3, 0.4) is 0 Å². The fraction of sp³-hybridized carbons (Fsp3) is 0.250. The van der Waals surface area contributed by atoms with E-state index in [2.05, 4.69) is 9.97 Å². The van der Waals surface area contributed by atoms with Crippen molar-refractivity contribution >= 4 is 17.9 Å². The molecule has 8 heteroatoms. The highest BCUT2D eigenvalue weighted by Gasteiger charge is 2.43. The maximum Gasteiger partial charge on any atom is 0.259 e. The van der Waals surface area contributed by atoms with Crippen LogP contribution in [0.25, 0.3) is 11.8 Å². The number of halogens is 1. The van der Waals surface area contributed by atoms with Crippen LogP contribution >= 0.6 is 0 Å². The van der Waals surface area contributed by atoms with Gasteiger partial charge < -0.3 is 13.9 Å². The molecule has 0 saturated heterocycles. The summed E-state index contributed by atoms with van der Waals surface area (Å²) in [4.78, 5) is 24.5. The summed E-state index contributed by atoms with van der Waals surface area (Å²) in [5.41, 5.74) is 3.38. The summed E-state index contributed by atoms with van der Waals surface area (Å²) in [5, 5.41) is 0. The third kappa shape index (κ3) is 3.88. The van der Waals surface area contributed by atoms with Gasteiger partial charge in [-0.1, -0.05) is 18.2 Å². The van der Waals surface area contributed by atoms with Crippen molar-refractivity contribution in [1.82, 2.24) is 19.1 Å². The number of hydrogen-bond acceptors (Lipinski definition) is 4. The maximum atomic E-state index is 14.0. The third-order valence-electron chi connectivity index (χ3n) is 6.79. The van der Waals surface area contributed by atoms with Crippen LogP contribution in [0.4, 0.5) is 10.3 Å². The molecule has 0 bridgehead atoms.